The molecule has 0 aliphatic rings. The summed E-state index contributed by atoms with van der Waals surface area (Å²) in [5.74, 6) is -0.184. The molecular formula is C13H13ClN2O2. The number of aromatic nitrogens is 2. The van der Waals surface area contributed by atoms with Crippen LogP contribution in [0.2, 0.25) is 5.02 Å². The number of benzene rings is 1. The molecule has 0 radical (unpaired) electrons. The Morgan fingerprint density at radius 2 is 2.28 bits per heavy atom. The van der Waals surface area contributed by atoms with Crippen molar-refractivity contribution in [2.24, 2.45) is 0 Å². The van der Waals surface area contributed by atoms with Crippen LogP contribution in [-0.4, -0.2) is 20.6 Å². The summed E-state index contributed by atoms with van der Waals surface area (Å²) in [5.41, 5.74) is 0.658. The molecule has 0 saturated heterocycles. The van der Waals surface area contributed by atoms with Crippen LogP contribution in [0, 0.1) is 0 Å². The minimum atomic E-state index is -0.997. The second-order valence-corrected chi connectivity index (χ2v) is 4.31. The zero-order chi connectivity index (χ0) is 13.1. The highest BCUT2D eigenvalue weighted by Gasteiger charge is 2.16. The average molecular weight is 265 g/mol. The Bertz CT molecular complexity index is 578. The molecule has 1 N–H and O–H groups in total. The number of hydrogen-bond acceptors (Lipinski definition) is 2. The van der Waals surface area contributed by atoms with Gasteiger partial charge in [-0.05, 0) is 18.6 Å². The van der Waals surface area contributed by atoms with Gasteiger partial charge in [0.1, 0.15) is 5.82 Å². The molecule has 0 saturated carbocycles. The van der Waals surface area contributed by atoms with Crippen molar-refractivity contribution in [3.05, 3.63) is 47.0 Å². The van der Waals surface area contributed by atoms with E-state index < -0.39 is 5.97 Å². The van der Waals surface area contributed by atoms with Gasteiger partial charge in [0.2, 0.25) is 0 Å². The van der Waals surface area contributed by atoms with Crippen molar-refractivity contribution < 1.29 is 9.90 Å². The van der Waals surface area contributed by atoms with E-state index in [0.29, 0.717) is 10.7 Å². The van der Waals surface area contributed by atoms with Crippen LogP contribution in [0.3, 0.4) is 0 Å². The summed E-state index contributed by atoms with van der Waals surface area (Å²) in [5, 5.41) is 9.62. The van der Waals surface area contributed by atoms with Crippen molar-refractivity contribution in [2.75, 3.05) is 0 Å². The summed E-state index contributed by atoms with van der Waals surface area (Å²) >= 11 is 6.13. The number of carboxylic acids is 1. The lowest BCUT2D eigenvalue weighted by atomic mass is 10.1. The lowest BCUT2D eigenvalue weighted by Crippen LogP contribution is -2.08. The normalized spacial score (nSPS) is 10.6. The third-order valence-corrected chi connectivity index (χ3v) is 2.95. The zero-order valence-corrected chi connectivity index (χ0v) is 10.7. The SMILES string of the molecule is CCCc1nccn1-c1c(Cl)cccc1C(=O)O. The van der Waals surface area contributed by atoms with Gasteiger partial charge in [0, 0.05) is 18.8 Å². The molecule has 2 rings (SSSR count). The van der Waals surface area contributed by atoms with Gasteiger partial charge < -0.3 is 9.67 Å². The van der Waals surface area contributed by atoms with Gasteiger partial charge in [0.05, 0.1) is 16.3 Å². The molecule has 0 aliphatic heterocycles. The van der Waals surface area contributed by atoms with E-state index in [9.17, 15) is 9.90 Å². The smallest absolute Gasteiger partial charge is 0.337 e. The quantitative estimate of drug-likeness (QED) is 0.923. The summed E-state index contributed by atoms with van der Waals surface area (Å²) in [6.07, 6.45) is 5.10. The van der Waals surface area contributed by atoms with Crippen LogP contribution in [-0.2, 0) is 6.42 Å². The minimum Gasteiger partial charge on any atom is -0.478 e. The fourth-order valence-electron chi connectivity index (χ4n) is 1.88. The van der Waals surface area contributed by atoms with Gasteiger partial charge >= 0.3 is 5.97 Å². The molecule has 0 spiro atoms. The number of aryl methyl sites for hydroxylation is 1. The number of nitrogens with zero attached hydrogens (tertiary/aromatic N) is 2. The van der Waals surface area contributed by atoms with E-state index in [2.05, 4.69) is 4.98 Å². The summed E-state index contributed by atoms with van der Waals surface area (Å²) < 4.78 is 1.75. The molecule has 0 aliphatic carbocycles. The molecule has 0 bridgehead atoms. The molecule has 0 amide bonds. The molecule has 0 fully saturated rings. The molecule has 0 unspecified atom stereocenters. The topological polar surface area (TPSA) is 55.1 Å². The molecule has 2 aromatic rings. The number of carboxylic acid groups (broad SMARTS) is 1. The van der Waals surface area contributed by atoms with Crippen LogP contribution in [0.5, 0.6) is 0 Å². The predicted molar refractivity (Wildman–Crippen MR) is 69.5 cm³/mol. The average Bonchev–Trinajstić information content (AvgIpc) is 2.77. The number of aromatic carboxylic acids is 1. The number of hydrogen-bond donors (Lipinski definition) is 1. The monoisotopic (exact) mass is 264 g/mol. The Morgan fingerprint density at radius 3 is 2.94 bits per heavy atom. The molecule has 1 heterocycles. The maximum absolute atomic E-state index is 11.2. The number of imidazole rings is 1. The van der Waals surface area contributed by atoms with Crippen LogP contribution in [0.25, 0.3) is 5.69 Å². The molecule has 1 aromatic heterocycles. The van der Waals surface area contributed by atoms with Gasteiger partial charge in [-0.3, -0.25) is 0 Å². The first-order valence-corrected chi connectivity index (χ1v) is 6.07. The van der Waals surface area contributed by atoms with E-state index in [-0.39, 0.29) is 5.56 Å². The van der Waals surface area contributed by atoms with E-state index in [0.717, 1.165) is 18.7 Å². The summed E-state index contributed by atoms with van der Waals surface area (Å²) in [4.78, 5) is 15.5. The maximum atomic E-state index is 11.2. The molecule has 4 nitrogen and oxygen atoms in total. The van der Waals surface area contributed by atoms with E-state index in [1.54, 1.807) is 35.2 Å². The third kappa shape index (κ3) is 2.24. The van der Waals surface area contributed by atoms with Crippen molar-refractivity contribution in [1.82, 2.24) is 9.55 Å². The largest absolute Gasteiger partial charge is 0.478 e. The van der Waals surface area contributed by atoms with Crippen molar-refractivity contribution in [2.45, 2.75) is 19.8 Å². The number of para-hydroxylation sites is 1. The van der Waals surface area contributed by atoms with Crippen molar-refractivity contribution >= 4 is 17.6 Å². The van der Waals surface area contributed by atoms with E-state index >= 15 is 0 Å². The highest BCUT2D eigenvalue weighted by Crippen LogP contribution is 2.26. The predicted octanol–water partition coefficient (Wildman–Crippen LogP) is 3.18. The van der Waals surface area contributed by atoms with Gasteiger partial charge in [0.25, 0.3) is 0 Å². The van der Waals surface area contributed by atoms with Crippen molar-refractivity contribution in [3.8, 4) is 5.69 Å². The molecule has 0 atom stereocenters. The van der Waals surface area contributed by atoms with Crippen molar-refractivity contribution in [3.63, 3.8) is 0 Å². The fraction of sp³-hybridized carbons (Fsp3) is 0.231. The Balaban J connectivity index is 2.62. The Kier molecular flexibility index (Phi) is 3.67. The van der Waals surface area contributed by atoms with Crippen LogP contribution >= 0.6 is 11.6 Å². The first kappa shape index (κ1) is 12.6. The molecule has 18 heavy (non-hydrogen) atoms. The van der Waals surface area contributed by atoms with E-state index in [4.69, 9.17) is 11.6 Å². The number of carbonyl (C=O) groups is 1. The van der Waals surface area contributed by atoms with Gasteiger partial charge in [-0.25, -0.2) is 9.78 Å². The summed E-state index contributed by atoms with van der Waals surface area (Å²) in [6.45, 7) is 2.05. The maximum Gasteiger partial charge on any atom is 0.337 e. The Morgan fingerprint density at radius 1 is 1.50 bits per heavy atom. The lowest BCUT2D eigenvalue weighted by molar-refractivity contribution is 0.0697. The highest BCUT2D eigenvalue weighted by molar-refractivity contribution is 6.33. The van der Waals surface area contributed by atoms with E-state index in [1.807, 2.05) is 6.92 Å². The molecular weight excluding hydrogens is 252 g/mol. The second kappa shape index (κ2) is 5.23. The minimum absolute atomic E-state index is 0.179. The van der Waals surface area contributed by atoms with Crippen LogP contribution < -0.4 is 0 Å². The summed E-state index contributed by atoms with van der Waals surface area (Å²) in [6, 6.07) is 4.85. The first-order chi connectivity index (χ1) is 8.65. The van der Waals surface area contributed by atoms with Gasteiger partial charge in [-0.2, -0.15) is 0 Å². The molecule has 1 aromatic carbocycles. The molecule has 5 heteroatoms. The summed E-state index contributed by atoms with van der Waals surface area (Å²) in [7, 11) is 0. The highest BCUT2D eigenvalue weighted by atomic mass is 35.5. The fourth-order valence-corrected chi connectivity index (χ4v) is 2.14. The van der Waals surface area contributed by atoms with E-state index in [1.165, 1.54) is 0 Å². The van der Waals surface area contributed by atoms with Gasteiger partial charge in [-0.1, -0.05) is 24.6 Å². The molecule has 94 valence electrons. The number of rotatable bonds is 4. The van der Waals surface area contributed by atoms with Gasteiger partial charge in [-0.15, -0.1) is 0 Å². The number of halogens is 1. The van der Waals surface area contributed by atoms with Crippen LogP contribution in [0.4, 0.5) is 0 Å². The van der Waals surface area contributed by atoms with Crippen molar-refractivity contribution in [1.29, 1.82) is 0 Å². The zero-order valence-electron chi connectivity index (χ0n) is 9.93. The Labute approximate surface area is 110 Å². The second-order valence-electron chi connectivity index (χ2n) is 3.90. The van der Waals surface area contributed by atoms with Crippen LogP contribution in [0.15, 0.2) is 30.6 Å². The first-order valence-electron chi connectivity index (χ1n) is 5.69. The van der Waals surface area contributed by atoms with Crippen LogP contribution in [0.1, 0.15) is 29.5 Å². The van der Waals surface area contributed by atoms with Gasteiger partial charge in [0.15, 0.2) is 0 Å². The Hall–Kier alpha value is -1.81. The third-order valence-electron chi connectivity index (χ3n) is 2.65. The lowest BCUT2D eigenvalue weighted by Gasteiger charge is -2.12. The standard InChI is InChI=1S/C13H13ClN2O2/c1-2-4-11-15-7-8-16(11)12-9(13(17)18)5-3-6-10(12)14/h3,5-8H,2,4H2,1H3,(H,17,18).